The fraction of sp³-hybridized carbons (Fsp3) is 0.643. The van der Waals surface area contributed by atoms with Gasteiger partial charge >= 0.3 is 0 Å². The number of hydrogen-bond acceptors (Lipinski definition) is 2. The second-order valence-corrected chi connectivity index (χ2v) is 5.30. The van der Waals surface area contributed by atoms with E-state index in [1.807, 2.05) is 0 Å². The number of nitrogens with zero attached hydrogens (tertiary/aromatic N) is 1. The number of hydrogen-bond donors (Lipinski definition) is 0. The smallest absolute Gasteiger partial charge is 0.145 e. The highest BCUT2D eigenvalue weighted by Gasteiger charge is 2.23. The van der Waals surface area contributed by atoms with Crippen LogP contribution in [-0.4, -0.2) is 11.6 Å². The van der Waals surface area contributed by atoms with Crippen LogP contribution in [0, 0.1) is 0 Å². The van der Waals surface area contributed by atoms with Gasteiger partial charge in [-0.15, -0.1) is 0 Å². The van der Waals surface area contributed by atoms with Crippen molar-refractivity contribution < 1.29 is 4.74 Å². The molecule has 0 fully saturated rings. The maximum absolute atomic E-state index is 6.48. The molecule has 0 saturated heterocycles. The minimum Gasteiger partial charge on any atom is -0.491 e. The van der Waals surface area contributed by atoms with Crippen molar-refractivity contribution in [2.24, 2.45) is 0 Å². The van der Waals surface area contributed by atoms with Gasteiger partial charge < -0.3 is 4.74 Å². The Hall–Kier alpha value is -0.760. The molecule has 0 unspecified atom stereocenters. The van der Waals surface area contributed by atoms with Crippen LogP contribution >= 0.6 is 11.6 Å². The molecule has 0 N–H and O–H groups in total. The molecule has 94 valence electrons. The summed E-state index contributed by atoms with van der Waals surface area (Å²) in [6.07, 6.45) is 4.10. The Bertz CT molecular complexity index is 415. The van der Waals surface area contributed by atoms with Gasteiger partial charge in [-0.25, -0.2) is 0 Å². The van der Waals surface area contributed by atoms with Crippen LogP contribution in [0.5, 0.6) is 5.75 Å². The molecule has 2 nitrogen and oxygen atoms in total. The lowest BCUT2D eigenvalue weighted by Crippen LogP contribution is -2.15. The van der Waals surface area contributed by atoms with Crippen LogP contribution < -0.4 is 4.74 Å². The predicted molar refractivity (Wildman–Crippen MR) is 71.1 cm³/mol. The van der Waals surface area contributed by atoms with Gasteiger partial charge in [-0.1, -0.05) is 38.8 Å². The fourth-order valence-corrected chi connectivity index (χ4v) is 2.78. The molecule has 2 rings (SSSR count). The molecule has 1 aliphatic rings. The third kappa shape index (κ3) is 2.42. The normalized spacial score (nSPS) is 14.6. The largest absolute Gasteiger partial charge is 0.491 e. The van der Waals surface area contributed by atoms with Gasteiger partial charge in [-0.2, -0.15) is 0 Å². The summed E-state index contributed by atoms with van der Waals surface area (Å²) in [6.45, 7) is 7.27. The maximum atomic E-state index is 6.48. The summed E-state index contributed by atoms with van der Waals surface area (Å²) in [5.74, 6) is 1.34. The fourth-order valence-electron chi connectivity index (χ4n) is 2.34. The van der Waals surface area contributed by atoms with E-state index in [0.717, 1.165) is 60.0 Å². The summed E-state index contributed by atoms with van der Waals surface area (Å²) in [4.78, 5) is 4.69. The van der Waals surface area contributed by atoms with E-state index in [9.17, 15) is 0 Å². The monoisotopic (exact) mass is 253 g/mol. The van der Waals surface area contributed by atoms with Crippen LogP contribution in [0.25, 0.3) is 0 Å². The molecule has 0 bridgehead atoms. The van der Waals surface area contributed by atoms with E-state index in [-0.39, 0.29) is 0 Å². The van der Waals surface area contributed by atoms with Crippen LogP contribution in [-0.2, 0) is 12.8 Å². The van der Waals surface area contributed by atoms with E-state index < -0.39 is 0 Å². The van der Waals surface area contributed by atoms with Crippen LogP contribution in [0.3, 0.4) is 0 Å². The van der Waals surface area contributed by atoms with Gasteiger partial charge in [0.15, 0.2) is 0 Å². The number of aryl methyl sites for hydroxylation is 2. The standard InChI is InChI=1S/C14H20ClNO/c1-4-6-10-13(15)12(9(2)3)14-11(16-10)7-5-8-17-14/h9H,4-8H2,1-3H3. The Morgan fingerprint density at radius 3 is 2.82 bits per heavy atom. The summed E-state index contributed by atoms with van der Waals surface area (Å²) in [7, 11) is 0. The lowest BCUT2D eigenvalue weighted by atomic mass is 9.97. The zero-order valence-corrected chi connectivity index (χ0v) is 11.6. The number of ether oxygens (including phenoxy) is 1. The molecule has 1 aromatic heterocycles. The van der Waals surface area contributed by atoms with Crippen molar-refractivity contribution in [2.75, 3.05) is 6.61 Å². The first kappa shape index (κ1) is 12.7. The lowest BCUT2D eigenvalue weighted by Gasteiger charge is -2.24. The average Bonchev–Trinajstić information content (AvgIpc) is 2.30. The first-order valence-electron chi connectivity index (χ1n) is 6.49. The van der Waals surface area contributed by atoms with Gasteiger partial charge in [0.2, 0.25) is 0 Å². The summed E-state index contributed by atoms with van der Waals surface area (Å²) in [5, 5.41) is 0.822. The summed E-state index contributed by atoms with van der Waals surface area (Å²) < 4.78 is 5.78. The van der Waals surface area contributed by atoms with Crippen LogP contribution in [0.4, 0.5) is 0 Å². The second kappa shape index (κ2) is 5.26. The molecule has 0 amide bonds. The van der Waals surface area contributed by atoms with Gasteiger partial charge in [0.05, 0.1) is 23.0 Å². The molecule has 0 aromatic carbocycles. The van der Waals surface area contributed by atoms with Gasteiger partial charge in [0.1, 0.15) is 5.75 Å². The van der Waals surface area contributed by atoms with Crippen molar-refractivity contribution in [3.63, 3.8) is 0 Å². The zero-order valence-electron chi connectivity index (χ0n) is 10.8. The quantitative estimate of drug-likeness (QED) is 0.808. The van der Waals surface area contributed by atoms with Crippen LogP contribution in [0.2, 0.25) is 5.02 Å². The Balaban J connectivity index is 2.56. The van der Waals surface area contributed by atoms with Crippen molar-refractivity contribution in [1.82, 2.24) is 4.98 Å². The van der Waals surface area contributed by atoms with Gasteiger partial charge in [-0.05, 0) is 25.2 Å². The van der Waals surface area contributed by atoms with E-state index in [1.54, 1.807) is 0 Å². The predicted octanol–water partition coefficient (Wildman–Crippen LogP) is 4.14. The molecule has 0 spiro atoms. The third-order valence-corrected chi connectivity index (χ3v) is 3.56. The number of fused-ring (bicyclic) bond motifs is 1. The molecule has 0 atom stereocenters. The zero-order chi connectivity index (χ0) is 12.4. The van der Waals surface area contributed by atoms with Crippen molar-refractivity contribution >= 4 is 11.6 Å². The molecular weight excluding hydrogens is 234 g/mol. The van der Waals surface area contributed by atoms with Crippen molar-refractivity contribution in [1.29, 1.82) is 0 Å². The molecule has 17 heavy (non-hydrogen) atoms. The Labute approximate surface area is 108 Å². The van der Waals surface area contributed by atoms with Gasteiger partial charge in [0.25, 0.3) is 0 Å². The number of rotatable bonds is 3. The Kier molecular flexibility index (Phi) is 3.93. The molecule has 1 aromatic rings. The maximum Gasteiger partial charge on any atom is 0.145 e. The van der Waals surface area contributed by atoms with E-state index in [2.05, 4.69) is 25.8 Å². The lowest BCUT2D eigenvalue weighted by molar-refractivity contribution is 0.280. The first-order valence-corrected chi connectivity index (χ1v) is 6.86. The van der Waals surface area contributed by atoms with E-state index >= 15 is 0 Å². The number of pyridine rings is 1. The van der Waals surface area contributed by atoms with Crippen LogP contribution in [0.1, 0.15) is 56.5 Å². The van der Waals surface area contributed by atoms with E-state index in [0.29, 0.717) is 5.92 Å². The van der Waals surface area contributed by atoms with Crippen LogP contribution in [0.15, 0.2) is 0 Å². The average molecular weight is 254 g/mol. The highest BCUT2D eigenvalue weighted by molar-refractivity contribution is 6.32. The summed E-state index contributed by atoms with van der Waals surface area (Å²) in [6, 6.07) is 0. The molecule has 0 radical (unpaired) electrons. The van der Waals surface area contributed by atoms with Crippen molar-refractivity contribution in [3.8, 4) is 5.75 Å². The molecule has 2 heterocycles. The third-order valence-electron chi connectivity index (χ3n) is 3.13. The topological polar surface area (TPSA) is 22.1 Å². The molecule has 0 aliphatic carbocycles. The minimum absolute atomic E-state index is 0.382. The van der Waals surface area contributed by atoms with Crippen molar-refractivity contribution in [2.45, 2.75) is 52.4 Å². The van der Waals surface area contributed by atoms with Gasteiger partial charge in [-0.3, -0.25) is 4.98 Å². The molecule has 1 aliphatic heterocycles. The highest BCUT2D eigenvalue weighted by Crippen LogP contribution is 2.39. The SMILES string of the molecule is CCCc1nc2c(c(C(C)C)c1Cl)OCCC2. The number of aromatic nitrogens is 1. The molecule has 3 heteroatoms. The van der Waals surface area contributed by atoms with E-state index in [4.69, 9.17) is 16.3 Å². The van der Waals surface area contributed by atoms with E-state index in [1.165, 1.54) is 0 Å². The second-order valence-electron chi connectivity index (χ2n) is 4.92. The number of halogens is 1. The summed E-state index contributed by atoms with van der Waals surface area (Å²) in [5.41, 5.74) is 3.30. The Morgan fingerprint density at radius 2 is 2.18 bits per heavy atom. The Morgan fingerprint density at radius 1 is 1.41 bits per heavy atom. The summed E-state index contributed by atoms with van der Waals surface area (Å²) >= 11 is 6.48. The molecule has 0 saturated carbocycles. The first-order chi connectivity index (χ1) is 8.15. The van der Waals surface area contributed by atoms with Gasteiger partial charge in [0, 0.05) is 5.56 Å². The molecular formula is C14H20ClNO. The minimum atomic E-state index is 0.382. The van der Waals surface area contributed by atoms with Crippen molar-refractivity contribution in [3.05, 3.63) is 22.0 Å². The highest BCUT2D eigenvalue weighted by atomic mass is 35.5.